The molecule has 13 heteroatoms. The van der Waals surface area contributed by atoms with Crippen molar-refractivity contribution in [2.45, 2.75) is 97.3 Å². The molecule has 0 radical (unpaired) electrons. The van der Waals surface area contributed by atoms with Gasteiger partial charge < -0.3 is 15.6 Å². The number of amides is 1. The van der Waals surface area contributed by atoms with E-state index in [-0.39, 0.29) is 73.0 Å². The number of aromatic nitrogens is 3. The molecule has 8 nitrogen and oxygen atoms in total. The van der Waals surface area contributed by atoms with Crippen molar-refractivity contribution in [2.75, 3.05) is 0 Å². The number of halogens is 4. The number of aromatic amines is 1. The molecule has 0 bridgehead atoms. The third-order valence-electron chi connectivity index (χ3n) is 11.1. The van der Waals surface area contributed by atoms with Gasteiger partial charge in [0.15, 0.2) is 5.78 Å². The zero-order chi connectivity index (χ0) is 39.2. The van der Waals surface area contributed by atoms with Gasteiger partial charge in [0.25, 0.3) is 0 Å². The third-order valence-corrected chi connectivity index (χ3v) is 11.6. The lowest BCUT2D eigenvalue weighted by Gasteiger charge is -2.40. The quantitative estimate of drug-likeness (QED) is 0.0781. The van der Waals surface area contributed by atoms with Crippen LogP contribution in [0.1, 0.15) is 87.7 Å². The van der Waals surface area contributed by atoms with Gasteiger partial charge in [0.1, 0.15) is 23.5 Å². The molecule has 4 aromatic rings. The van der Waals surface area contributed by atoms with Gasteiger partial charge in [-0.25, -0.2) is 14.4 Å². The maximum atomic E-state index is 14.9. The van der Waals surface area contributed by atoms with Gasteiger partial charge in [0.2, 0.25) is 5.91 Å². The lowest BCUT2D eigenvalue weighted by atomic mass is 9.72. The molecule has 2 heterocycles. The standard InChI is InChI=1S/C41H47F4N5O3S/c1-5-24(3)30(17-28(51)16-27-10-7-8-13-34(27)42)38(53)50-40(15-14-35-32(19-40)29-11-9-12-33(37(29)49-35)41(43,44)45)36(52)18-31(25(4)6-2)39(54)48-22-26-20-46-23-47-21-26/h7-13,20-21,23-25,30-31,49H,5-6,14-19,22H2,1-4H3,(H,48,54)(H,50,53)/t24?,25?,30-,31-,40+/m0/s1. The summed E-state index contributed by atoms with van der Waals surface area (Å²) in [6, 6.07) is 9.95. The number of ketones is 2. The zero-order valence-corrected chi connectivity index (χ0v) is 31.8. The summed E-state index contributed by atoms with van der Waals surface area (Å²) >= 11 is 5.86. The summed E-state index contributed by atoms with van der Waals surface area (Å²) in [7, 11) is 0. The predicted molar refractivity (Wildman–Crippen MR) is 203 cm³/mol. The molecule has 1 aliphatic carbocycles. The number of para-hydroxylation sites is 1. The predicted octanol–water partition coefficient (Wildman–Crippen LogP) is 8.06. The van der Waals surface area contributed by atoms with Crippen LogP contribution in [-0.2, 0) is 46.4 Å². The Labute approximate surface area is 318 Å². The molecule has 1 aliphatic rings. The molecule has 54 heavy (non-hydrogen) atoms. The number of thiocarbonyl (C=S) groups is 1. The molecule has 5 atom stereocenters. The van der Waals surface area contributed by atoms with Crippen LogP contribution in [0.5, 0.6) is 0 Å². The summed E-state index contributed by atoms with van der Waals surface area (Å²) in [5.41, 5.74) is -0.213. The summed E-state index contributed by atoms with van der Waals surface area (Å²) in [6.45, 7) is 8.10. The molecular weight excluding hydrogens is 719 g/mol. The molecule has 0 saturated heterocycles. The fourth-order valence-corrected chi connectivity index (χ4v) is 7.82. The van der Waals surface area contributed by atoms with Gasteiger partial charge >= 0.3 is 6.18 Å². The summed E-state index contributed by atoms with van der Waals surface area (Å²) in [5, 5.41) is 6.69. The van der Waals surface area contributed by atoms with E-state index in [0.717, 1.165) is 11.6 Å². The van der Waals surface area contributed by atoms with Crippen LogP contribution in [0.15, 0.2) is 61.2 Å². The Kier molecular flexibility index (Phi) is 13.0. The van der Waals surface area contributed by atoms with Crippen LogP contribution < -0.4 is 10.6 Å². The normalized spacial score (nSPS) is 17.9. The van der Waals surface area contributed by atoms with Crippen LogP contribution >= 0.6 is 12.2 Å². The van der Waals surface area contributed by atoms with E-state index >= 15 is 0 Å². The number of H-pyrrole nitrogens is 1. The van der Waals surface area contributed by atoms with E-state index in [2.05, 4.69) is 25.6 Å². The van der Waals surface area contributed by atoms with Crippen molar-refractivity contribution in [3.05, 3.63) is 95.0 Å². The Morgan fingerprint density at radius 2 is 1.65 bits per heavy atom. The first-order valence-corrected chi connectivity index (χ1v) is 18.9. The van der Waals surface area contributed by atoms with Crippen molar-refractivity contribution in [1.82, 2.24) is 25.6 Å². The van der Waals surface area contributed by atoms with E-state index in [1.807, 2.05) is 27.7 Å². The number of alkyl halides is 3. The van der Waals surface area contributed by atoms with Gasteiger partial charge in [-0.2, -0.15) is 13.2 Å². The Bertz CT molecular complexity index is 1980. The largest absolute Gasteiger partial charge is 0.418 e. The van der Waals surface area contributed by atoms with Crippen LogP contribution in [-0.4, -0.2) is 43.0 Å². The van der Waals surface area contributed by atoms with E-state index < -0.39 is 40.8 Å². The number of hydrogen-bond donors (Lipinski definition) is 3. The molecule has 288 valence electrons. The second-order valence-corrected chi connectivity index (χ2v) is 15.1. The number of hydrogen-bond acceptors (Lipinski definition) is 6. The lowest BCUT2D eigenvalue weighted by molar-refractivity contribution is -0.137. The highest BCUT2D eigenvalue weighted by Gasteiger charge is 2.46. The minimum absolute atomic E-state index is 0.0285. The van der Waals surface area contributed by atoms with Crippen LogP contribution in [0.3, 0.4) is 0 Å². The van der Waals surface area contributed by atoms with Gasteiger partial charge in [0.05, 0.1) is 16.1 Å². The molecule has 0 fully saturated rings. The van der Waals surface area contributed by atoms with Crippen molar-refractivity contribution in [2.24, 2.45) is 23.7 Å². The number of nitrogens with zero attached hydrogens (tertiary/aromatic N) is 2. The monoisotopic (exact) mass is 765 g/mol. The number of rotatable bonds is 16. The van der Waals surface area contributed by atoms with Gasteiger partial charge in [-0.05, 0) is 47.9 Å². The molecule has 1 amide bonds. The molecule has 0 spiro atoms. The average molecular weight is 766 g/mol. The second kappa shape index (κ2) is 17.3. The number of Topliss-reactive ketones (excluding diaryl/α,β-unsaturated/α-hetero) is 2. The van der Waals surface area contributed by atoms with Crippen molar-refractivity contribution < 1.29 is 31.9 Å². The van der Waals surface area contributed by atoms with Gasteiger partial charge in [0, 0.05) is 73.1 Å². The van der Waals surface area contributed by atoms with Crippen LogP contribution in [0.25, 0.3) is 10.9 Å². The number of carbonyl (C=O) groups excluding carboxylic acids is 3. The number of benzene rings is 2. The zero-order valence-electron chi connectivity index (χ0n) is 31.0. The summed E-state index contributed by atoms with van der Waals surface area (Å²) in [5.74, 6) is -3.16. The highest BCUT2D eigenvalue weighted by molar-refractivity contribution is 7.80. The highest BCUT2D eigenvalue weighted by Crippen LogP contribution is 2.41. The Balaban J connectivity index is 1.49. The number of carbonyl (C=O) groups is 3. The fraction of sp³-hybridized carbons (Fsp3) is 0.463. The van der Waals surface area contributed by atoms with E-state index in [1.54, 1.807) is 24.5 Å². The molecule has 5 rings (SSSR count). The first-order chi connectivity index (χ1) is 25.7. The SMILES string of the molecule is CCC(C)[C@H](CC(=O)Cc1ccccc1F)C(=O)N[C@]1(C(=O)C[C@H](C(=S)NCc2cncnc2)C(C)CC)CCc2[nH]c3c(C(F)(F)F)cccc3c2C1. The van der Waals surface area contributed by atoms with E-state index in [0.29, 0.717) is 41.0 Å². The van der Waals surface area contributed by atoms with Gasteiger partial charge in [-0.1, -0.05) is 83.1 Å². The van der Waals surface area contributed by atoms with Crippen LogP contribution in [0.2, 0.25) is 0 Å². The first kappa shape index (κ1) is 40.7. The van der Waals surface area contributed by atoms with E-state index in [9.17, 15) is 31.9 Å². The maximum absolute atomic E-state index is 14.9. The topological polar surface area (TPSA) is 117 Å². The van der Waals surface area contributed by atoms with Crippen molar-refractivity contribution in [3.63, 3.8) is 0 Å². The summed E-state index contributed by atoms with van der Waals surface area (Å²) in [4.78, 5) is 54.2. The average Bonchev–Trinajstić information content (AvgIpc) is 3.52. The van der Waals surface area contributed by atoms with Crippen molar-refractivity contribution >= 4 is 45.6 Å². The Morgan fingerprint density at radius 1 is 0.963 bits per heavy atom. The minimum Gasteiger partial charge on any atom is -0.375 e. The molecule has 3 N–H and O–H groups in total. The lowest BCUT2D eigenvalue weighted by Crippen LogP contribution is -2.60. The minimum atomic E-state index is -4.61. The number of aryl methyl sites for hydroxylation is 1. The summed E-state index contributed by atoms with van der Waals surface area (Å²) in [6.07, 6.45) is 1.32. The molecule has 0 saturated carbocycles. The molecule has 2 aromatic heterocycles. The van der Waals surface area contributed by atoms with Crippen LogP contribution in [0.4, 0.5) is 17.6 Å². The maximum Gasteiger partial charge on any atom is 0.418 e. The Hall–Kier alpha value is -4.52. The molecule has 2 aromatic carbocycles. The summed E-state index contributed by atoms with van der Waals surface area (Å²) < 4.78 is 56.7. The number of nitrogens with one attached hydrogen (secondary N) is 3. The van der Waals surface area contributed by atoms with E-state index in [1.165, 1.54) is 30.6 Å². The smallest absolute Gasteiger partial charge is 0.375 e. The fourth-order valence-electron chi connectivity index (χ4n) is 7.43. The van der Waals surface area contributed by atoms with Crippen LogP contribution in [0, 0.1) is 29.5 Å². The van der Waals surface area contributed by atoms with Crippen molar-refractivity contribution in [3.8, 4) is 0 Å². The Morgan fingerprint density at radius 3 is 2.31 bits per heavy atom. The van der Waals surface area contributed by atoms with Gasteiger partial charge in [-0.15, -0.1) is 0 Å². The molecule has 2 unspecified atom stereocenters. The van der Waals surface area contributed by atoms with Gasteiger partial charge in [-0.3, -0.25) is 14.4 Å². The first-order valence-electron chi connectivity index (χ1n) is 18.5. The van der Waals surface area contributed by atoms with Crippen molar-refractivity contribution in [1.29, 1.82) is 0 Å². The third kappa shape index (κ3) is 9.22. The highest BCUT2D eigenvalue weighted by atomic mass is 32.1. The molecular formula is C41H47F4N5O3S. The number of fused-ring (bicyclic) bond motifs is 3. The van der Waals surface area contributed by atoms with E-state index in [4.69, 9.17) is 12.2 Å². The second-order valence-electron chi connectivity index (χ2n) is 14.6. The molecule has 0 aliphatic heterocycles.